The van der Waals surface area contributed by atoms with Crippen molar-refractivity contribution in [3.05, 3.63) is 0 Å². The van der Waals surface area contributed by atoms with Crippen LogP contribution in [-0.2, 0) is 4.74 Å². The van der Waals surface area contributed by atoms with Crippen LogP contribution in [0.4, 0.5) is 0 Å². The molecule has 0 aromatic rings. The van der Waals surface area contributed by atoms with E-state index in [1.807, 2.05) is 0 Å². The molecule has 82 valence electrons. The van der Waals surface area contributed by atoms with Gasteiger partial charge in [-0.25, -0.2) is 0 Å². The molecule has 3 heteroatoms. The highest BCUT2D eigenvalue weighted by Crippen LogP contribution is 2.50. The zero-order chi connectivity index (χ0) is 10.0. The van der Waals surface area contributed by atoms with Gasteiger partial charge in [0, 0.05) is 19.1 Å². The Balaban J connectivity index is 1.71. The number of nitrogens with zero attached hydrogens (tertiary/aromatic N) is 1. The molecule has 1 aliphatic carbocycles. The van der Waals surface area contributed by atoms with Gasteiger partial charge in [-0.15, -0.1) is 0 Å². The molecule has 3 nitrogen and oxygen atoms in total. The van der Waals surface area contributed by atoms with Crippen molar-refractivity contribution in [3.8, 4) is 0 Å². The summed E-state index contributed by atoms with van der Waals surface area (Å²) in [5.41, 5.74) is 6.50. The first-order chi connectivity index (χ1) is 6.73. The number of hydrogen-bond acceptors (Lipinski definition) is 3. The molecule has 1 saturated heterocycles. The molecule has 1 saturated carbocycles. The lowest BCUT2D eigenvalue weighted by Crippen LogP contribution is -2.39. The van der Waals surface area contributed by atoms with Crippen molar-refractivity contribution >= 4 is 0 Å². The molecule has 1 atom stereocenters. The summed E-state index contributed by atoms with van der Waals surface area (Å²) >= 11 is 0. The Kier molecular flexibility index (Phi) is 3.10. The minimum atomic E-state index is 0.378. The Morgan fingerprint density at radius 3 is 2.50 bits per heavy atom. The van der Waals surface area contributed by atoms with E-state index < -0.39 is 0 Å². The van der Waals surface area contributed by atoms with E-state index in [1.54, 1.807) is 0 Å². The lowest BCUT2D eigenvalue weighted by atomic mass is 9.94. The predicted molar refractivity (Wildman–Crippen MR) is 57.2 cm³/mol. The van der Waals surface area contributed by atoms with Crippen LogP contribution in [0.15, 0.2) is 0 Å². The van der Waals surface area contributed by atoms with E-state index in [2.05, 4.69) is 11.8 Å². The van der Waals surface area contributed by atoms with Crippen molar-refractivity contribution in [3.63, 3.8) is 0 Å². The molecule has 2 fully saturated rings. The maximum Gasteiger partial charge on any atom is 0.0594 e. The van der Waals surface area contributed by atoms with Gasteiger partial charge in [0.2, 0.25) is 0 Å². The van der Waals surface area contributed by atoms with Gasteiger partial charge < -0.3 is 10.5 Å². The zero-order valence-electron chi connectivity index (χ0n) is 9.17. The van der Waals surface area contributed by atoms with Gasteiger partial charge in [0.05, 0.1) is 13.2 Å². The van der Waals surface area contributed by atoms with Crippen molar-refractivity contribution in [2.45, 2.75) is 32.2 Å². The highest BCUT2D eigenvalue weighted by Gasteiger charge is 2.45. The topological polar surface area (TPSA) is 38.5 Å². The average Bonchev–Trinajstić information content (AvgIpc) is 2.97. The Hall–Kier alpha value is -0.120. The first kappa shape index (κ1) is 10.4. The average molecular weight is 198 g/mol. The molecule has 0 amide bonds. The molecule has 2 aliphatic rings. The van der Waals surface area contributed by atoms with Crippen molar-refractivity contribution in [1.82, 2.24) is 4.90 Å². The second kappa shape index (κ2) is 4.17. The van der Waals surface area contributed by atoms with Crippen molar-refractivity contribution in [2.75, 3.05) is 32.8 Å². The number of hydrogen-bond donors (Lipinski definition) is 1. The van der Waals surface area contributed by atoms with Gasteiger partial charge in [-0.3, -0.25) is 4.90 Å². The van der Waals surface area contributed by atoms with Gasteiger partial charge in [-0.1, -0.05) is 0 Å². The summed E-state index contributed by atoms with van der Waals surface area (Å²) in [4.78, 5) is 2.51. The second-order valence-corrected chi connectivity index (χ2v) is 4.86. The second-order valence-electron chi connectivity index (χ2n) is 4.86. The standard InChI is InChI=1S/C11H22N2O/c1-10(12)11(2-3-11)4-5-13-6-8-14-9-7-13/h10H,2-9,12H2,1H3. The largest absolute Gasteiger partial charge is 0.379 e. The van der Waals surface area contributed by atoms with Crippen LogP contribution in [0, 0.1) is 5.41 Å². The molecular formula is C11H22N2O. The third-order valence-corrected chi connectivity index (χ3v) is 3.89. The van der Waals surface area contributed by atoms with Crippen LogP contribution in [-0.4, -0.2) is 43.8 Å². The lowest BCUT2D eigenvalue weighted by Gasteiger charge is -2.29. The molecule has 14 heavy (non-hydrogen) atoms. The van der Waals surface area contributed by atoms with Crippen molar-refractivity contribution < 1.29 is 4.74 Å². The summed E-state index contributed by atoms with van der Waals surface area (Å²) < 4.78 is 5.33. The molecular weight excluding hydrogens is 176 g/mol. The third-order valence-electron chi connectivity index (χ3n) is 3.89. The molecule has 0 bridgehead atoms. The quantitative estimate of drug-likeness (QED) is 0.727. The monoisotopic (exact) mass is 198 g/mol. The van der Waals surface area contributed by atoms with E-state index in [9.17, 15) is 0 Å². The Morgan fingerprint density at radius 1 is 1.36 bits per heavy atom. The van der Waals surface area contributed by atoms with Gasteiger partial charge in [0.15, 0.2) is 0 Å². The van der Waals surface area contributed by atoms with Gasteiger partial charge in [-0.2, -0.15) is 0 Å². The van der Waals surface area contributed by atoms with E-state index in [1.165, 1.54) is 25.8 Å². The fourth-order valence-corrected chi connectivity index (χ4v) is 2.30. The van der Waals surface area contributed by atoms with E-state index in [0.717, 1.165) is 26.3 Å². The summed E-state index contributed by atoms with van der Waals surface area (Å²) in [7, 11) is 0. The van der Waals surface area contributed by atoms with E-state index in [0.29, 0.717) is 11.5 Å². The van der Waals surface area contributed by atoms with Crippen LogP contribution in [0.2, 0.25) is 0 Å². The maximum absolute atomic E-state index is 6.01. The van der Waals surface area contributed by atoms with Crippen LogP contribution < -0.4 is 5.73 Å². The molecule has 1 heterocycles. The van der Waals surface area contributed by atoms with Crippen molar-refractivity contribution in [2.24, 2.45) is 11.1 Å². The van der Waals surface area contributed by atoms with Crippen LogP contribution in [0.25, 0.3) is 0 Å². The number of rotatable bonds is 4. The molecule has 0 aromatic heterocycles. The molecule has 1 unspecified atom stereocenters. The smallest absolute Gasteiger partial charge is 0.0594 e. The SMILES string of the molecule is CC(N)C1(CCN2CCOCC2)CC1. The summed E-state index contributed by atoms with van der Waals surface area (Å²) in [5.74, 6) is 0. The van der Waals surface area contributed by atoms with Crippen LogP contribution in [0.1, 0.15) is 26.2 Å². The minimum absolute atomic E-state index is 0.378. The highest BCUT2D eigenvalue weighted by molar-refractivity contribution is 4.99. The molecule has 2 rings (SSSR count). The Morgan fingerprint density at radius 2 is 2.00 bits per heavy atom. The van der Waals surface area contributed by atoms with Crippen LogP contribution >= 0.6 is 0 Å². The highest BCUT2D eigenvalue weighted by atomic mass is 16.5. The van der Waals surface area contributed by atoms with Gasteiger partial charge in [0.1, 0.15) is 0 Å². The molecule has 1 aliphatic heterocycles. The van der Waals surface area contributed by atoms with Gasteiger partial charge >= 0.3 is 0 Å². The van der Waals surface area contributed by atoms with E-state index in [4.69, 9.17) is 10.5 Å². The van der Waals surface area contributed by atoms with Crippen LogP contribution in [0.5, 0.6) is 0 Å². The van der Waals surface area contributed by atoms with Gasteiger partial charge in [0.25, 0.3) is 0 Å². The number of nitrogens with two attached hydrogens (primary N) is 1. The maximum atomic E-state index is 6.01. The first-order valence-electron chi connectivity index (χ1n) is 5.79. The Labute approximate surface area is 86.6 Å². The van der Waals surface area contributed by atoms with E-state index >= 15 is 0 Å². The number of ether oxygens (including phenoxy) is 1. The zero-order valence-corrected chi connectivity index (χ0v) is 9.17. The summed E-state index contributed by atoms with van der Waals surface area (Å²) in [5, 5.41) is 0. The molecule has 0 aromatic carbocycles. The van der Waals surface area contributed by atoms with Gasteiger partial charge in [-0.05, 0) is 38.1 Å². The molecule has 0 radical (unpaired) electrons. The molecule has 0 spiro atoms. The fraction of sp³-hybridized carbons (Fsp3) is 1.00. The molecule has 2 N–H and O–H groups in total. The lowest BCUT2D eigenvalue weighted by molar-refractivity contribution is 0.0342. The summed E-state index contributed by atoms with van der Waals surface area (Å²) in [6, 6.07) is 0.378. The van der Waals surface area contributed by atoms with Crippen molar-refractivity contribution in [1.29, 1.82) is 0 Å². The minimum Gasteiger partial charge on any atom is -0.379 e. The number of morpholine rings is 1. The van der Waals surface area contributed by atoms with E-state index in [-0.39, 0.29) is 0 Å². The summed E-state index contributed by atoms with van der Waals surface area (Å²) in [6.45, 7) is 7.40. The fourth-order valence-electron chi connectivity index (χ4n) is 2.30. The Bertz CT molecular complexity index is 184. The summed E-state index contributed by atoms with van der Waals surface area (Å²) in [6.07, 6.45) is 3.97. The van der Waals surface area contributed by atoms with Crippen LogP contribution in [0.3, 0.4) is 0 Å². The third kappa shape index (κ3) is 2.27. The predicted octanol–water partition coefficient (Wildman–Crippen LogP) is 0.836. The normalized spacial score (nSPS) is 28.7. The first-order valence-corrected chi connectivity index (χ1v) is 5.79.